The first kappa shape index (κ1) is 14.0. The summed E-state index contributed by atoms with van der Waals surface area (Å²) in [5.74, 6) is -0.195. The average molecular weight is 295 g/mol. The van der Waals surface area contributed by atoms with Crippen LogP contribution in [0.2, 0.25) is 0 Å². The number of hydrogen-bond acceptors (Lipinski definition) is 3. The summed E-state index contributed by atoms with van der Waals surface area (Å²) < 4.78 is 1.09. The van der Waals surface area contributed by atoms with Gasteiger partial charge in [0.1, 0.15) is 10.6 Å². The lowest BCUT2D eigenvalue weighted by Crippen LogP contribution is -2.28. The second-order valence-electron chi connectivity index (χ2n) is 5.26. The summed E-state index contributed by atoms with van der Waals surface area (Å²) in [5.41, 5.74) is 0.887. The lowest BCUT2D eigenvalue weighted by atomic mass is 9.84. The molecule has 0 aliphatic carbocycles. The van der Waals surface area contributed by atoms with Crippen molar-refractivity contribution in [1.82, 2.24) is 4.98 Å². The molecule has 0 spiro atoms. The van der Waals surface area contributed by atoms with Crippen LogP contribution < -0.4 is 0 Å². The van der Waals surface area contributed by atoms with E-state index in [1.807, 2.05) is 61.5 Å². The Bertz CT molecular complexity index is 728. The van der Waals surface area contributed by atoms with Crippen molar-refractivity contribution in [2.24, 2.45) is 0 Å². The van der Waals surface area contributed by atoms with Crippen molar-refractivity contribution in [3.8, 4) is 0 Å². The third-order valence-electron chi connectivity index (χ3n) is 3.73. The van der Waals surface area contributed by atoms with Crippen LogP contribution >= 0.6 is 11.3 Å². The molecular formula is C18H17NOS. The fraction of sp³-hybridized carbons (Fsp3) is 0.167. The number of benzene rings is 2. The molecular weight excluding hydrogens is 278 g/mol. The average Bonchev–Trinajstić information content (AvgIpc) is 2.93. The van der Waals surface area contributed by atoms with Crippen LogP contribution in [-0.2, 0) is 5.60 Å². The number of hydrogen-bond donors (Lipinski definition) is 1. The smallest absolute Gasteiger partial charge is 0.126 e. The minimum atomic E-state index is -1.08. The molecule has 1 aromatic heterocycles. The first-order valence-electron chi connectivity index (χ1n) is 6.89. The molecule has 3 aromatic rings. The number of fused-ring (bicyclic) bond motifs is 1. The number of para-hydroxylation sites is 1. The van der Waals surface area contributed by atoms with Gasteiger partial charge in [-0.25, -0.2) is 4.98 Å². The summed E-state index contributed by atoms with van der Waals surface area (Å²) in [4.78, 5) is 4.60. The van der Waals surface area contributed by atoms with Gasteiger partial charge in [0.25, 0.3) is 0 Å². The van der Waals surface area contributed by atoms with Gasteiger partial charge < -0.3 is 5.11 Å². The number of nitrogens with zero attached hydrogens (tertiary/aromatic N) is 1. The van der Waals surface area contributed by atoms with Gasteiger partial charge in [-0.15, -0.1) is 17.9 Å². The number of rotatable bonds is 4. The summed E-state index contributed by atoms with van der Waals surface area (Å²) in [6, 6.07) is 17.9. The Morgan fingerprint density at radius 3 is 2.48 bits per heavy atom. The lowest BCUT2D eigenvalue weighted by molar-refractivity contribution is 0.0417. The van der Waals surface area contributed by atoms with Crippen molar-refractivity contribution in [3.63, 3.8) is 0 Å². The van der Waals surface area contributed by atoms with Crippen LogP contribution in [0.1, 0.15) is 23.4 Å². The van der Waals surface area contributed by atoms with Crippen molar-refractivity contribution >= 4 is 21.6 Å². The Morgan fingerprint density at radius 2 is 1.81 bits per heavy atom. The highest BCUT2D eigenvalue weighted by molar-refractivity contribution is 7.18. The fourth-order valence-electron chi connectivity index (χ4n) is 2.57. The molecule has 0 saturated heterocycles. The van der Waals surface area contributed by atoms with Crippen LogP contribution in [0, 0.1) is 0 Å². The molecule has 1 heterocycles. The molecule has 0 aliphatic heterocycles. The highest BCUT2D eigenvalue weighted by atomic mass is 32.1. The fourth-order valence-corrected chi connectivity index (χ4v) is 3.62. The maximum atomic E-state index is 11.1. The Kier molecular flexibility index (Phi) is 3.62. The van der Waals surface area contributed by atoms with Crippen molar-refractivity contribution in [3.05, 3.63) is 77.8 Å². The summed E-state index contributed by atoms with van der Waals surface area (Å²) in [6.45, 7) is 5.71. The van der Waals surface area contributed by atoms with Crippen LogP contribution in [0.3, 0.4) is 0 Å². The molecule has 2 nitrogen and oxygen atoms in total. The van der Waals surface area contributed by atoms with Gasteiger partial charge in [-0.05, 0) is 24.6 Å². The zero-order chi connectivity index (χ0) is 14.9. The van der Waals surface area contributed by atoms with Gasteiger partial charge in [0.05, 0.1) is 10.2 Å². The van der Waals surface area contributed by atoms with E-state index in [0.29, 0.717) is 0 Å². The summed E-state index contributed by atoms with van der Waals surface area (Å²) in [7, 11) is 0. The van der Waals surface area contributed by atoms with Crippen molar-refractivity contribution in [2.45, 2.75) is 18.4 Å². The highest BCUT2D eigenvalue weighted by Gasteiger charge is 2.35. The monoisotopic (exact) mass is 295 g/mol. The molecule has 3 heteroatoms. The Balaban J connectivity index is 2.07. The van der Waals surface area contributed by atoms with Crippen LogP contribution in [0.15, 0.2) is 67.3 Å². The van der Waals surface area contributed by atoms with E-state index in [2.05, 4.69) is 11.6 Å². The molecule has 106 valence electrons. The van der Waals surface area contributed by atoms with Gasteiger partial charge in [-0.1, -0.05) is 48.5 Å². The first-order chi connectivity index (χ1) is 10.1. The molecule has 3 rings (SSSR count). The largest absolute Gasteiger partial charge is 0.382 e. The molecule has 0 unspecified atom stereocenters. The van der Waals surface area contributed by atoms with E-state index in [1.54, 1.807) is 6.08 Å². The third kappa shape index (κ3) is 2.50. The van der Waals surface area contributed by atoms with E-state index in [1.165, 1.54) is 11.3 Å². The molecule has 0 radical (unpaired) electrons. The van der Waals surface area contributed by atoms with E-state index in [9.17, 15) is 5.11 Å². The number of aliphatic hydroxyl groups is 1. The summed E-state index contributed by atoms with van der Waals surface area (Å²) in [6.07, 6.45) is 1.79. The predicted molar refractivity (Wildman–Crippen MR) is 88.6 cm³/mol. The maximum Gasteiger partial charge on any atom is 0.126 e. The van der Waals surface area contributed by atoms with Gasteiger partial charge in [-0.2, -0.15) is 0 Å². The molecule has 2 aromatic carbocycles. The third-order valence-corrected chi connectivity index (χ3v) is 4.99. The number of aromatic nitrogens is 1. The molecule has 1 N–H and O–H groups in total. The van der Waals surface area contributed by atoms with Crippen molar-refractivity contribution < 1.29 is 5.11 Å². The van der Waals surface area contributed by atoms with Crippen LogP contribution in [0.5, 0.6) is 0 Å². The summed E-state index contributed by atoms with van der Waals surface area (Å²) >= 11 is 1.53. The van der Waals surface area contributed by atoms with Gasteiger partial charge in [0.15, 0.2) is 0 Å². The van der Waals surface area contributed by atoms with Crippen molar-refractivity contribution in [1.29, 1.82) is 0 Å². The highest BCUT2D eigenvalue weighted by Crippen LogP contribution is 2.40. The standard InChI is InChI=1S/C18H17NOS/c1-3-14(13-9-5-4-6-10-13)18(2,20)17-19-15-11-7-8-12-16(15)21-17/h3-12,14,20H,1H2,2H3/t14-,18+/m1/s1. The van der Waals surface area contributed by atoms with Gasteiger partial charge in [0, 0.05) is 5.92 Å². The lowest BCUT2D eigenvalue weighted by Gasteiger charge is -2.29. The molecule has 2 atom stereocenters. The van der Waals surface area contributed by atoms with Gasteiger partial charge in [-0.3, -0.25) is 0 Å². The predicted octanol–water partition coefficient (Wildman–Crippen LogP) is 4.47. The molecule has 0 fully saturated rings. The molecule has 0 saturated carbocycles. The molecule has 0 bridgehead atoms. The van der Waals surface area contributed by atoms with E-state index in [4.69, 9.17) is 0 Å². The minimum Gasteiger partial charge on any atom is -0.382 e. The van der Waals surface area contributed by atoms with Crippen LogP contribution in [-0.4, -0.2) is 10.1 Å². The topological polar surface area (TPSA) is 33.1 Å². The normalized spacial score (nSPS) is 15.5. The maximum absolute atomic E-state index is 11.1. The van der Waals surface area contributed by atoms with Crippen molar-refractivity contribution in [2.75, 3.05) is 0 Å². The van der Waals surface area contributed by atoms with Crippen LogP contribution in [0.25, 0.3) is 10.2 Å². The van der Waals surface area contributed by atoms with Gasteiger partial charge in [0.2, 0.25) is 0 Å². The SMILES string of the molecule is C=C[C@H](c1ccccc1)[C@](C)(O)c1nc2ccccc2s1. The Hall–Kier alpha value is -1.97. The Labute approximate surface area is 128 Å². The van der Waals surface area contributed by atoms with E-state index >= 15 is 0 Å². The molecule has 21 heavy (non-hydrogen) atoms. The zero-order valence-corrected chi connectivity index (χ0v) is 12.7. The molecule has 0 amide bonds. The summed E-state index contributed by atoms with van der Waals surface area (Å²) in [5, 5.41) is 11.8. The molecule has 0 aliphatic rings. The van der Waals surface area contributed by atoms with E-state index in [0.717, 1.165) is 20.8 Å². The quantitative estimate of drug-likeness (QED) is 0.720. The zero-order valence-electron chi connectivity index (χ0n) is 11.9. The van der Waals surface area contributed by atoms with E-state index < -0.39 is 5.60 Å². The van der Waals surface area contributed by atoms with Gasteiger partial charge >= 0.3 is 0 Å². The first-order valence-corrected chi connectivity index (χ1v) is 7.70. The second kappa shape index (κ2) is 5.43. The van der Waals surface area contributed by atoms with E-state index in [-0.39, 0.29) is 5.92 Å². The van der Waals surface area contributed by atoms with Crippen LogP contribution in [0.4, 0.5) is 0 Å². The second-order valence-corrected chi connectivity index (χ2v) is 6.29. The minimum absolute atomic E-state index is 0.195. The Morgan fingerprint density at radius 1 is 1.14 bits per heavy atom. The number of thiazole rings is 1.